The highest BCUT2D eigenvalue weighted by Crippen LogP contribution is 2.45. The average Bonchev–Trinajstić information content (AvgIpc) is 3.46. The summed E-state index contributed by atoms with van der Waals surface area (Å²) in [6, 6.07) is 19.2. The van der Waals surface area contributed by atoms with Crippen molar-refractivity contribution in [3.8, 4) is 17.1 Å². The van der Waals surface area contributed by atoms with Crippen molar-refractivity contribution in [3.63, 3.8) is 0 Å². The van der Waals surface area contributed by atoms with E-state index in [0.29, 0.717) is 32.9 Å². The van der Waals surface area contributed by atoms with Gasteiger partial charge < -0.3 is 19.7 Å². The first-order chi connectivity index (χ1) is 16.4. The summed E-state index contributed by atoms with van der Waals surface area (Å²) in [6.07, 6.45) is 1.70. The number of furan rings is 1. The molecule has 1 fully saturated rings. The zero-order chi connectivity index (χ0) is 23.8. The first-order valence-electron chi connectivity index (χ1n) is 10.3. The Labute approximate surface area is 204 Å². The first-order valence-corrected chi connectivity index (χ1v) is 11.0. The molecular formula is C24H17ClN4O4S. The lowest BCUT2D eigenvalue weighted by Gasteiger charge is -2.26. The Balaban J connectivity index is 1.59. The molecule has 0 radical (unpaired) electrons. The number of pyridine rings is 1. The lowest BCUT2D eigenvalue weighted by atomic mass is 10.0. The number of phenols is 1. The number of nitro benzene ring substituents is 1. The Hall–Kier alpha value is -3.95. The number of phenolic OH excluding ortho intramolecular Hbond substituents is 1. The fraction of sp³-hybridized carbons (Fsp3) is 0.0833. The van der Waals surface area contributed by atoms with Crippen LogP contribution in [0.25, 0.3) is 11.3 Å². The predicted molar refractivity (Wildman–Crippen MR) is 132 cm³/mol. The van der Waals surface area contributed by atoms with Crippen LogP contribution in [0.1, 0.15) is 23.5 Å². The number of halogens is 1. The van der Waals surface area contributed by atoms with E-state index in [9.17, 15) is 15.2 Å². The minimum atomic E-state index is -0.487. The van der Waals surface area contributed by atoms with Gasteiger partial charge in [-0.3, -0.25) is 15.1 Å². The number of hydrogen-bond acceptors (Lipinski definition) is 6. The van der Waals surface area contributed by atoms with Crippen molar-refractivity contribution in [3.05, 3.63) is 106 Å². The quantitative estimate of drug-likeness (QED) is 0.205. The summed E-state index contributed by atoms with van der Waals surface area (Å²) in [7, 11) is 0. The lowest BCUT2D eigenvalue weighted by molar-refractivity contribution is -0.384. The summed E-state index contributed by atoms with van der Waals surface area (Å²) >= 11 is 11.9. The molecule has 0 spiro atoms. The van der Waals surface area contributed by atoms with Crippen LogP contribution >= 0.6 is 23.8 Å². The van der Waals surface area contributed by atoms with Crippen molar-refractivity contribution in [2.45, 2.75) is 12.1 Å². The van der Waals surface area contributed by atoms with Crippen LogP contribution in [0.5, 0.6) is 5.75 Å². The van der Waals surface area contributed by atoms with Gasteiger partial charge in [0.05, 0.1) is 22.3 Å². The highest BCUT2D eigenvalue weighted by Gasteiger charge is 2.43. The molecule has 0 amide bonds. The van der Waals surface area contributed by atoms with Gasteiger partial charge in [0, 0.05) is 28.9 Å². The van der Waals surface area contributed by atoms with Crippen LogP contribution < -0.4 is 10.2 Å². The van der Waals surface area contributed by atoms with E-state index in [2.05, 4.69) is 10.3 Å². The van der Waals surface area contributed by atoms with Gasteiger partial charge in [-0.2, -0.15) is 0 Å². The zero-order valence-corrected chi connectivity index (χ0v) is 19.0. The standard InChI is InChI=1S/C24H17ClN4O4S/c25-15-6-9-19(30)18(13-15)28-23(22(27-24(28)34)17-3-1-2-12-26-17)21-11-10-20(33-21)14-4-7-16(8-5-14)29(31)32/h1-13,22-23,30H,(H,27,34)/t22-,23-/m1/s1. The van der Waals surface area contributed by atoms with E-state index in [-0.39, 0.29) is 17.5 Å². The van der Waals surface area contributed by atoms with Gasteiger partial charge in [0.15, 0.2) is 5.11 Å². The van der Waals surface area contributed by atoms with Gasteiger partial charge in [0.25, 0.3) is 5.69 Å². The molecule has 2 aromatic heterocycles. The molecule has 170 valence electrons. The van der Waals surface area contributed by atoms with E-state index in [1.807, 2.05) is 24.3 Å². The van der Waals surface area contributed by atoms with Crippen molar-refractivity contribution < 1.29 is 14.4 Å². The van der Waals surface area contributed by atoms with Crippen LogP contribution in [0.3, 0.4) is 0 Å². The minimum Gasteiger partial charge on any atom is -0.506 e. The molecule has 1 saturated heterocycles. The number of aromatic nitrogens is 1. The van der Waals surface area contributed by atoms with Crippen LogP contribution in [0, 0.1) is 10.1 Å². The highest BCUT2D eigenvalue weighted by atomic mass is 35.5. The number of nitro groups is 1. The predicted octanol–water partition coefficient (Wildman–Crippen LogP) is 5.79. The SMILES string of the molecule is O=[N+]([O-])c1ccc(-c2ccc([C@@H]3[C@@H](c4ccccn4)NC(=S)N3c3cc(Cl)ccc3O)o2)cc1. The number of non-ortho nitro benzene ring substituents is 1. The first kappa shape index (κ1) is 21.9. The molecule has 2 N–H and O–H groups in total. The van der Waals surface area contributed by atoms with Crippen LogP contribution in [0.2, 0.25) is 5.02 Å². The molecule has 1 aliphatic heterocycles. The molecule has 0 aliphatic carbocycles. The summed E-state index contributed by atoms with van der Waals surface area (Å²) in [5.74, 6) is 1.12. The Kier molecular flexibility index (Phi) is 5.64. The summed E-state index contributed by atoms with van der Waals surface area (Å²) in [5.41, 5.74) is 1.87. The molecular weight excluding hydrogens is 476 g/mol. The monoisotopic (exact) mass is 492 g/mol. The van der Waals surface area contributed by atoms with Crippen molar-refractivity contribution in [2.24, 2.45) is 0 Å². The number of aromatic hydroxyl groups is 1. The molecule has 34 heavy (non-hydrogen) atoms. The Bertz CT molecular complexity index is 1380. The minimum absolute atomic E-state index is 0.00121. The maximum atomic E-state index is 11.0. The Morgan fingerprint density at radius 3 is 2.62 bits per heavy atom. The van der Waals surface area contributed by atoms with Crippen molar-refractivity contribution in [1.82, 2.24) is 10.3 Å². The number of nitrogens with zero attached hydrogens (tertiary/aromatic N) is 3. The third-order valence-electron chi connectivity index (χ3n) is 5.58. The van der Waals surface area contributed by atoms with Gasteiger partial charge >= 0.3 is 0 Å². The number of benzene rings is 2. The van der Waals surface area contributed by atoms with Crippen LogP contribution in [0.4, 0.5) is 11.4 Å². The largest absolute Gasteiger partial charge is 0.506 e. The van der Waals surface area contributed by atoms with Crippen LogP contribution in [-0.2, 0) is 0 Å². The maximum absolute atomic E-state index is 11.0. The molecule has 10 heteroatoms. The Morgan fingerprint density at radius 2 is 1.91 bits per heavy atom. The number of anilines is 1. The molecule has 1 aliphatic rings. The van der Waals surface area contributed by atoms with E-state index in [1.165, 1.54) is 18.2 Å². The van der Waals surface area contributed by atoms with Crippen molar-refractivity contribution in [1.29, 1.82) is 0 Å². The normalized spacial score (nSPS) is 17.6. The molecule has 0 bridgehead atoms. The maximum Gasteiger partial charge on any atom is 0.269 e. The molecule has 5 rings (SSSR count). The second kappa shape index (κ2) is 8.77. The van der Waals surface area contributed by atoms with Gasteiger partial charge in [-0.25, -0.2) is 0 Å². The van der Waals surface area contributed by atoms with Gasteiger partial charge in [-0.15, -0.1) is 0 Å². The molecule has 2 atom stereocenters. The zero-order valence-electron chi connectivity index (χ0n) is 17.5. The molecule has 4 aromatic rings. The third-order valence-corrected chi connectivity index (χ3v) is 6.13. The summed E-state index contributed by atoms with van der Waals surface area (Å²) in [6.45, 7) is 0. The van der Waals surface area contributed by atoms with Crippen LogP contribution in [-0.4, -0.2) is 20.1 Å². The second-order valence-corrected chi connectivity index (χ2v) is 8.46. The summed E-state index contributed by atoms with van der Waals surface area (Å²) < 4.78 is 6.22. The molecule has 8 nitrogen and oxygen atoms in total. The fourth-order valence-corrected chi connectivity index (χ4v) is 4.51. The number of thiocarbonyl (C=S) groups is 1. The highest BCUT2D eigenvalue weighted by molar-refractivity contribution is 7.80. The topological polar surface area (TPSA) is 105 Å². The number of hydrogen-bond donors (Lipinski definition) is 2. The van der Waals surface area contributed by atoms with Gasteiger partial charge in [0.2, 0.25) is 0 Å². The smallest absolute Gasteiger partial charge is 0.269 e. The van der Waals surface area contributed by atoms with Gasteiger partial charge in [-0.1, -0.05) is 17.7 Å². The summed E-state index contributed by atoms with van der Waals surface area (Å²) in [4.78, 5) is 16.8. The van der Waals surface area contributed by atoms with Crippen molar-refractivity contribution >= 4 is 40.3 Å². The second-order valence-electron chi connectivity index (χ2n) is 7.64. The van der Waals surface area contributed by atoms with E-state index < -0.39 is 11.0 Å². The van der Waals surface area contributed by atoms with Gasteiger partial charge in [0.1, 0.15) is 23.3 Å². The molecule has 3 heterocycles. The summed E-state index contributed by atoms with van der Waals surface area (Å²) in [5, 5.41) is 25.7. The van der Waals surface area contributed by atoms with E-state index in [0.717, 1.165) is 5.69 Å². The van der Waals surface area contributed by atoms with E-state index >= 15 is 0 Å². The Morgan fingerprint density at radius 1 is 1.12 bits per heavy atom. The number of rotatable bonds is 5. The van der Waals surface area contributed by atoms with Crippen molar-refractivity contribution in [2.75, 3.05) is 4.90 Å². The van der Waals surface area contributed by atoms with Crippen LogP contribution in [0.15, 0.2) is 83.4 Å². The third kappa shape index (κ3) is 3.95. The van der Waals surface area contributed by atoms with E-state index in [4.69, 9.17) is 28.2 Å². The fourth-order valence-electron chi connectivity index (χ4n) is 4.01. The van der Waals surface area contributed by atoms with E-state index in [1.54, 1.807) is 41.4 Å². The molecule has 0 unspecified atom stereocenters. The average molecular weight is 493 g/mol. The van der Waals surface area contributed by atoms with Gasteiger partial charge in [-0.05, 0) is 66.8 Å². The lowest BCUT2D eigenvalue weighted by Crippen LogP contribution is -2.29. The molecule has 2 aromatic carbocycles. The number of nitrogens with one attached hydrogen (secondary N) is 1. The molecule has 0 saturated carbocycles.